The Hall–Kier alpha value is -0.430. The average Bonchev–Trinajstić information content (AvgIpc) is 2.20. The lowest BCUT2D eigenvalue weighted by atomic mass is 9.78. The van der Waals surface area contributed by atoms with Gasteiger partial charge in [-0.3, -0.25) is 0 Å². The van der Waals surface area contributed by atoms with E-state index in [1.807, 2.05) is 13.8 Å². The second kappa shape index (κ2) is 6.22. The van der Waals surface area contributed by atoms with E-state index in [-0.39, 0.29) is 0 Å². The summed E-state index contributed by atoms with van der Waals surface area (Å²) >= 11 is 4.27. The van der Waals surface area contributed by atoms with Crippen molar-refractivity contribution in [2.24, 2.45) is 5.41 Å². The van der Waals surface area contributed by atoms with Gasteiger partial charge in [0.25, 0.3) is 0 Å². The molecular formula is C14H24S. The fourth-order valence-corrected chi connectivity index (χ4v) is 1.41. The molecule has 1 atom stereocenters. The van der Waals surface area contributed by atoms with Gasteiger partial charge in [-0.25, -0.2) is 0 Å². The lowest BCUT2D eigenvalue weighted by molar-refractivity contribution is 0.339. The maximum Gasteiger partial charge on any atom is 0.00401 e. The van der Waals surface area contributed by atoms with Gasteiger partial charge in [0.05, 0.1) is 0 Å². The van der Waals surface area contributed by atoms with E-state index in [0.717, 1.165) is 4.90 Å². The molecule has 1 rings (SSSR count). The van der Waals surface area contributed by atoms with Gasteiger partial charge in [-0.05, 0) is 29.0 Å². The monoisotopic (exact) mass is 224 g/mol. The normalized spacial score (nSPS) is 12.7. The summed E-state index contributed by atoms with van der Waals surface area (Å²) < 4.78 is 0. The van der Waals surface area contributed by atoms with Gasteiger partial charge in [0.1, 0.15) is 0 Å². The van der Waals surface area contributed by atoms with Crippen molar-refractivity contribution in [2.75, 3.05) is 0 Å². The number of benzene rings is 1. The van der Waals surface area contributed by atoms with Crippen molar-refractivity contribution >= 4 is 12.6 Å². The standard InChI is InChI=1S/C12H18S.C2H6/c1-9(12(2,3)4)10-5-7-11(13)8-6-10;1-2/h5-9,13H,1-4H3;1-2H3. The molecule has 0 saturated heterocycles. The molecule has 0 N–H and O–H groups in total. The predicted molar refractivity (Wildman–Crippen MR) is 72.9 cm³/mol. The second-order valence-corrected chi connectivity index (χ2v) is 5.20. The van der Waals surface area contributed by atoms with E-state index in [2.05, 4.69) is 64.6 Å². The molecule has 0 radical (unpaired) electrons. The first-order chi connectivity index (χ1) is 6.91. The third-order valence-corrected chi connectivity index (χ3v) is 2.99. The van der Waals surface area contributed by atoms with E-state index in [1.165, 1.54) is 5.56 Å². The van der Waals surface area contributed by atoms with Gasteiger partial charge in [0.2, 0.25) is 0 Å². The lowest BCUT2D eigenvalue weighted by Gasteiger charge is -2.27. The zero-order valence-electron chi connectivity index (χ0n) is 10.8. The summed E-state index contributed by atoms with van der Waals surface area (Å²) in [4.78, 5) is 1.03. The van der Waals surface area contributed by atoms with Gasteiger partial charge in [0.15, 0.2) is 0 Å². The minimum atomic E-state index is 0.331. The highest BCUT2D eigenvalue weighted by atomic mass is 32.1. The van der Waals surface area contributed by atoms with Crippen LogP contribution in [0.4, 0.5) is 0 Å². The zero-order chi connectivity index (χ0) is 12.1. The van der Waals surface area contributed by atoms with Crippen molar-refractivity contribution in [3.63, 3.8) is 0 Å². The summed E-state index contributed by atoms with van der Waals surface area (Å²) in [7, 11) is 0. The van der Waals surface area contributed by atoms with Crippen molar-refractivity contribution in [3.05, 3.63) is 29.8 Å². The molecule has 0 nitrogen and oxygen atoms in total. The van der Waals surface area contributed by atoms with Crippen LogP contribution in [0, 0.1) is 5.41 Å². The summed E-state index contributed by atoms with van der Waals surface area (Å²) in [6, 6.07) is 8.44. The van der Waals surface area contributed by atoms with Crippen molar-refractivity contribution in [2.45, 2.75) is 52.4 Å². The molecule has 0 bridgehead atoms. The number of thiol groups is 1. The minimum absolute atomic E-state index is 0.331. The molecule has 15 heavy (non-hydrogen) atoms. The highest BCUT2D eigenvalue weighted by molar-refractivity contribution is 7.80. The van der Waals surface area contributed by atoms with Crippen LogP contribution in [-0.2, 0) is 0 Å². The van der Waals surface area contributed by atoms with Crippen molar-refractivity contribution in [1.29, 1.82) is 0 Å². The Balaban J connectivity index is 0.000000921. The van der Waals surface area contributed by atoms with Gasteiger partial charge < -0.3 is 0 Å². The third kappa shape index (κ3) is 4.74. The maximum absolute atomic E-state index is 4.27. The molecule has 0 spiro atoms. The number of hydrogen-bond donors (Lipinski definition) is 1. The number of rotatable bonds is 1. The van der Waals surface area contributed by atoms with Crippen LogP contribution in [-0.4, -0.2) is 0 Å². The van der Waals surface area contributed by atoms with Crippen LogP contribution in [0.3, 0.4) is 0 Å². The van der Waals surface area contributed by atoms with E-state index in [4.69, 9.17) is 0 Å². The highest BCUT2D eigenvalue weighted by Crippen LogP contribution is 2.34. The molecule has 0 amide bonds. The first-order valence-corrected chi connectivity index (χ1v) is 6.15. The summed E-state index contributed by atoms with van der Waals surface area (Å²) in [5.74, 6) is 0.585. The molecule has 0 aromatic heterocycles. The van der Waals surface area contributed by atoms with Gasteiger partial charge in [0, 0.05) is 4.90 Å². The zero-order valence-corrected chi connectivity index (χ0v) is 11.7. The maximum atomic E-state index is 4.27. The highest BCUT2D eigenvalue weighted by Gasteiger charge is 2.21. The van der Waals surface area contributed by atoms with Crippen LogP contribution >= 0.6 is 12.6 Å². The van der Waals surface area contributed by atoms with Crippen molar-refractivity contribution in [3.8, 4) is 0 Å². The largest absolute Gasteiger partial charge is 0.143 e. The van der Waals surface area contributed by atoms with Crippen LogP contribution in [0.5, 0.6) is 0 Å². The van der Waals surface area contributed by atoms with Crippen LogP contribution in [0.1, 0.15) is 53.0 Å². The summed E-state index contributed by atoms with van der Waals surface area (Å²) in [6.07, 6.45) is 0. The van der Waals surface area contributed by atoms with E-state index in [0.29, 0.717) is 11.3 Å². The Morgan fingerprint density at radius 3 is 1.73 bits per heavy atom. The Kier molecular flexibility index (Phi) is 6.04. The van der Waals surface area contributed by atoms with Crippen LogP contribution < -0.4 is 0 Å². The second-order valence-electron chi connectivity index (χ2n) is 4.68. The Morgan fingerprint density at radius 1 is 1.00 bits per heavy atom. The van der Waals surface area contributed by atoms with E-state index < -0.39 is 0 Å². The molecule has 0 heterocycles. The fourth-order valence-electron chi connectivity index (χ4n) is 1.26. The third-order valence-electron chi connectivity index (χ3n) is 2.69. The van der Waals surface area contributed by atoms with Crippen LogP contribution in [0.25, 0.3) is 0 Å². The van der Waals surface area contributed by atoms with E-state index >= 15 is 0 Å². The summed E-state index contributed by atoms with van der Waals surface area (Å²) in [5.41, 5.74) is 1.73. The van der Waals surface area contributed by atoms with Gasteiger partial charge in [-0.2, -0.15) is 0 Å². The Bertz CT molecular complexity index is 266. The molecule has 86 valence electrons. The van der Waals surface area contributed by atoms with E-state index in [1.54, 1.807) is 0 Å². The minimum Gasteiger partial charge on any atom is -0.143 e. The molecule has 0 saturated carbocycles. The summed E-state index contributed by atoms with van der Waals surface area (Å²) in [6.45, 7) is 13.1. The number of hydrogen-bond acceptors (Lipinski definition) is 1. The quantitative estimate of drug-likeness (QED) is 0.626. The van der Waals surface area contributed by atoms with Crippen molar-refractivity contribution < 1.29 is 0 Å². The fraction of sp³-hybridized carbons (Fsp3) is 0.571. The first-order valence-electron chi connectivity index (χ1n) is 5.70. The molecular weight excluding hydrogens is 200 g/mol. The smallest absolute Gasteiger partial charge is 0.00401 e. The average molecular weight is 224 g/mol. The molecule has 0 aliphatic rings. The lowest BCUT2D eigenvalue weighted by Crippen LogP contribution is -2.14. The molecule has 1 unspecified atom stereocenters. The van der Waals surface area contributed by atoms with Gasteiger partial charge in [-0.15, -0.1) is 12.6 Å². The Labute approximate surface area is 101 Å². The molecule has 1 heteroatoms. The van der Waals surface area contributed by atoms with Crippen LogP contribution in [0.2, 0.25) is 0 Å². The molecule has 0 aliphatic carbocycles. The molecule has 1 aromatic carbocycles. The van der Waals surface area contributed by atoms with Gasteiger partial charge in [-0.1, -0.05) is 53.7 Å². The van der Waals surface area contributed by atoms with Crippen LogP contribution in [0.15, 0.2) is 29.2 Å². The first kappa shape index (κ1) is 14.6. The topological polar surface area (TPSA) is 0 Å². The SMILES string of the molecule is CC.CC(c1ccc(S)cc1)C(C)(C)C. The Morgan fingerprint density at radius 2 is 1.40 bits per heavy atom. The van der Waals surface area contributed by atoms with E-state index in [9.17, 15) is 0 Å². The molecule has 0 aliphatic heterocycles. The van der Waals surface area contributed by atoms with Gasteiger partial charge >= 0.3 is 0 Å². The summed E-state index contributed by atoms with van der Waals surface area (Å²) in [5, 5.41) is 0. The van der Waals surface area contributed by atoms with Crippen molar-refractivity contribution in [1.82, 2.24) is 0 Å². The molecule has 1 aromatic rings. The predicted octanol–water partition coefficient (Wildman–Crippen LogP) is 5.15. The molecule has 0 fully saturated rings.